The first-order chi connectivity index (χ1) is 8.83. The van der Waals surface area contributed by atoms with E-state index in [2.05, 4.69) is 27.7 Å². The molecule has 3 fully saturated rings. The maximum atomic E-state index is 6.12. The Bertz CT molecular complexity index is 372. The highest BCUT2D eigenvalue weighted by Crippen LogP contribution is 2.71. The smallest absolute Gasteiger partial charge is 0.174 e. The molecule has 0 amide bonds. The van der Waals surface area contributed by atoms with Gasteiger partial charge in [0.05, 0.1) is 19.3 Å². The summed E-state index contributed by atoms with van der Waals surface area (Å²) in [7, 11) is 1.86. The molecular weight excluding hydrogens is 240 g/mol. The third kappa shape index (κ3) is 1.39. The first-order valence-electron chi connectivity index (χ1n) is 7.64. The highest BCUT2D eigenvalue weighted by atomic mass is 16.7. The summed E-state index contributed by atoms with van der Waals surface area (Å²) in [5.41, 5.74) is 0.436. The van der Waals surface area contributed by atoms with Crippen LogP contribution in [0.4, 0.5) is 0 Å². The van der Waals surface area contributed by atoms with Crippen LogP contribution in [-0.4, -0.2) is 32.2 Å². The molecule has 3 heteroatoms. The molecule has 0 radical (unpaired) electrons. The van der Waals surface area contributed by atoms with E-state index in [0.717, 1.165) is 32.5 Å². The van der Waals surface area contributed by atoms with Crippen molar-refractivity contribution in [1.82, 2.24) is 0 Å². The maximum absolute atomic E-state index is 6.12. The Morgan fingerprint density at radius 1 is 0.947 bits per heavy atom. The maximum Gasteiger partial charge on any atom is 0.174 e. The van der Waals surface area contributed by atoms with Gasteiger partial charge in [0.2, 0.25) is 0 Å². The lowest BCUT2D eigenvalue weighted by Gasteiger charge is -2.63. The van der Waals surface area contributed by atoms with Gasteiger partial charge < -0.3 is 14.2 Å². The van der Waals surface area contributed by atoms with Crippen molar-refractivity contribution in [1.29, 1.82) is 0 Å². The van der Waals surface area contributed by atoms with Crippen LogP contribution in [0.1, 0.15) is 53.4 Å². The molecule has 0 aromatic heterocycles. The van der Waals surface area contributed by atoms with Gasteiger partial charge in [-0.1, -0.05) is 27.7 Å². The van der Waals surface area contributed by atoms with E-state index in [1.54, 1.807) is 0 Å². The normalized spacial score (nSPS) is 47.5. The van der Waals surface area contributed by atoms with Crippen LogP contribution in [0.5, 0.6) is 0 Å². The number of rotatable bonds is 1. The minimum Gasteiger partial charge on any atom is -0.381 e. The summed E-state index contributed by atoms with van der Waals surface area (Å²) >= 11 is 0. The highest BCUT2D eigenvalue weighted by molar-refractivity contribution is 5.17. The average Bonchev–Trinajstić information content (AvgIpc) is 2.93. The van der Waals surface area contributed by atoms with Crippen molar-refractivity contribution in [3.8, 4) is 0 Å². The molecule has 3 nitrogen and oxygen atoms in total. The second-order valence-corrected chi connectivity index (χ2v) is 7.59. The lowest BCUT2D eigenvalue weighted by Crippen LogP contribution is -2.64. The second kappa shape index (κ2) is 3.96. The number of ether oxygens (including phenoxy) is 3. The van der Waals surface area contributed by atoms with Gasteiger partial charge in [-0.3, -0.25) is 0 Å². The monoisotopic (exact) mass is 268 g/mol. The molecule has 3 unspecified atom stereocenters. The van der Waals surface area contributed by atoms with Crippen molar-refractivity contribution in [3.05, 3.63) is 0 Å². The summed E-state index contributed by atoms with van der Waals surface area (Å²) in [6.07, 6.45) is 4.85. The molecular formula is C16H28O3. The fourth-order valence-electron chi connectivity index (χ4n) is 5.34. The molecule has 110 valence electrons. The molecule has 0 aromatic carbocycles. The van der Waals surface area contributed by atoms with Crippen LogP contribution >= 0.6 is 0 Å². The number of hydrogen-bond acceptors (Lipinski definition) is 3. The van der Waals surface area contributed by atoms with E-state index in [1.165, 1.54) is 6.42 Å². The summed E-state index contributed by atoms with van der Waals surface area (Å²) in [5, 5.41) is 0. The molecule has 3 rings (SSSR count). The van der Waals surface area contributed by atoms with Crippen LogP contribution in [0.15, 0.2) is 0 Å². The first-order valence-corrected chi connectivity index (χ1v) is 7.64. The van der Waals surface area contributed by atoms with E-state index in [-0.39, 0.29) is 22.0 Å². The van der Waals surface area contributed by atoms with Crippen LogP contribution < -0.4 is 0 Å². The topological polar surface area (TPSA) is 27.7 Å². The first kappa shape index (κ1) is 13.8. The molecule has 0 N–H and O–H groups in total. The van der Waals surface area contributed by atoms with Crippen molar-refractivity contribution in [2.75, 3.05) is 20.3 Å². The van der Waals surface area contributed by atoms with Gasteiger partial charge in [0.25, 0.3) is 0 Å². The highest BCUT2D eigenvalue weighted by Gasteiger charge is 2.71. The zero-order chi connectivity index (χ0) is 13.9. The number of methoxy groups -OCH3 is 1. The van der Waals surface area contributed by atoms with Crippen LogP contribution in [0.25, 0.3) is 0 Å². The average molecular weight is 268 g/mol. The van der Waals surface area contributed by atoms with Gasteiger partial charge in [0, 0.05) is 24.4 Å². The van der Waals surface area contributed by atoms with Crippen LogP contribution in [0.3, 0.4) is 0 Å². The fraction of sp³-hybridized carbons (Fsp3) is 1.00. The quantitative estimate of drug-likeness (QED) is 0.730. The largest absolute Gasteiger partial charge is 0.381 e. The summed E-state index contributed by atoms with van der Waals surface area (Å²) in [5.74, 6) is -0.371. The van der Waals surface area contributed by atoms with Gasteiger partial charge >= 0.3 is 0 Å². The molecule has 3 atom stereocenters. The van der Waals surface area contributed by atoms with Gasteiger partial charge in [0.1, 0.15) is 0 Å². The predicted molar refractivity (Wildman–Crippen MR) is 73.9 cm³/mol. The second-order valence-electron chi connectivity index (χ2n) is 7.59. The summed E-state index contributed by atoms with van der Waals surface area (Å²) in [4.78, 5) is 0. The van der Waals surface area contributed by atoms with Gasteiger partial charge in [-0.15, -0.1) is 0 Å². The number of hydrogen-bond donors (Lipinski definition) is 0. The molecule has 0 bridgehead atoms. The Labute approximate surface area is 117 Å². The Kier molecular flexibility index (Phi) is 2.88. The van der Waals surface area contributed by atoms with Crippen LogP contribution in [-0.2, 0) is 14.2 Å². The van der Waals surface area contributed by atoms with Gasteiger partial charge in [0.15, 0.2) is 5.79 Å². The Morgan fingerprint density at radius 3 is 2.16 bits per heavy atom. The summed E-state index contributed by atoms with van der Waals surface area (Å²) in [6.45, 7) is 11.0. The predicted octanol–water partition coefficient (Wildman–Crippen LogP) is 3.37. The van der Waals surface area contributed by atoms with E-state index >= 15 is 0 Å². The molecule has 1 spiro atoms. The lowest BCUT2D eigenvalue weighted by molar-refractivity contribution is -0.310. The fourth-order valence-corrected chi connectivity index (χ4v) is 5.34. The van der Waals surface area contributed by atoms with E-state index in [4.69, 9.17) is 14.2 Å². The van der Waals surface area contributed by atoms with Crippen molar-refractivity contribution < 1.29 is 14.2 Å². The molecule has 3 aliphatic rings. The van der Waals surface area contributed by atoms with Crippen molar-refractivity contribution in [3.63, 3.8) is 0 Å². The standard InChI is InChI=1S/C16H28O3/c1-13(2)15(4)7-6-12(17-5)14(15,3)8-9-16(13)18-10-11-19-16/h12H,6-11H2,1-5H3. The SMILES string of the molecule is COC1CCC2(C)C1(C)CCC1(OCCO1)C2(C)C. The van der Waals surface area contributed by atoms with Crippen LogP contribution in [0, 0.1) is 16.2 Å². The van der Waals surface area contributed by atoms with Crippen molar-refractivity contribution in [2.45, 2.75) is 65.3 Å². The van der Waals surface area contributed by atoms with Crippen LogP contribution in [0.2, 0.25) is 0 Å². The Hall–Kier alpha value is -0.120. The molecule has 2 aliphatic carbocycles. The van der Waals surface area contributed by atoms with Crippen molar-refractivity contribution >= 4 is 0 Å². The minimum absolute atomic E-state index is 0.0107. The van der Waals surface area contributed by atoms with E-state index < -0.39 is 0 Å². The Balaban J connectivity index is 2.04. The van der Waals surface area contributed by atoms with E-state index in [1.807, 2.05) is 7.11 Å². The Morgan fingerprint density at radius 2 is 1.58 bits per heavy atom. The third-order valence-corrected chi connectivity index (χ3v) is 7.22. The third-order valence-electron chi connectivity index (χ3n) is 7.22. The molecule has 1 aliphatic heterocycles. The van der Waals surface area contributed by atoms with E-state index in [9.17, 15) is 0 Å². The zero-order valence-electron chi connectivity index (χ0n) is 13.0. The molecule has 1 saturated heterocycles. The molecule has 0 aromatic rings. The molecule has 1 heterocycles. The molecule has 19 heavy (non-hydrogen) atoms. The minimum atomic E-state index is -0.371. The zero-order valence-corrected chi connectivity index (χ0v) is 13.0. The summed E-state index contributed by atoms with van der Waals surface area (Å²) < 4.78 is 18.1. The van der Waals surface area contributed by atoms with Gasteiger partial charge in [-0.25, -0.2) is 0 Å². The molecule has 2 saturated carbocycles. The van der Waals surface area contributed by atoms with Gasteiger partial charge in [-0.2, -0.15) is 0 Å². The number of fused-ring (bicyclic) bond motifs is 1. The summed E-state index contributed by atoms with van der Waals surface area (Å²) in [6, 6.07) is 0. The van der Waals surface area contributed by atoms with Crippen molar-refractivity contribution in [2.24, 2.45) is 16.2 Å². The van der Waals surface area contributed by atoms with E-state index in [0.29, 0.717) is 6.10 Å². The lowest BCUT2D eigenvalue weighted by atomic mass is 9.46. The van der Waals surface area contributed by atoms with Gasteiger partial charge in [-0.05, 0) is 24.7 Å².